The van der Waals surface area contributed by atoms with Crippen LogP contribution in [0.5, 0.6) is 0 Å². The fraction of sp³-hybridized carbons (Fsp3) is 0.0645. The largest absolute Gasteiger partial charge is 0.290 e. The maximum Gasteiger partial charge on any atom is 0.148 e. The van der Waals surface area contributed by atoms with E-state index >= 15 is 0 Å². The minimum Gasteiger partial charge on any atom is -0.290 e. The molecule has 0 bridgehead atoms. The maximum atomic E-state index is 5.15. The van der Waals surface area contributed by atoms with Gasteiger partial charge in [-0.25, -0.2) is 4.98 Å². The Bertz CT molecular complexity index is 2070. The van der Waals surface area contributed by atoms with Gasteiger partial charge in [0.15, 0.2) is 0 Å². The van der Waals surface area contributed by atoms with Gasteiger partial charge in [0.05, 0.1) is 22.1 Å². The van der Waals surface area contributed by atoms with Crippen LogP contribution in [-0.2, 0) is 12.8 Å². The molecule has 0 unspecified atom stereocenters. The second-order valence-corrected chi connectivity index (χ2v) is 9.74. The molecule has 162 valence electrons. The van der Waals surface area contributed by atoms with Crippen molar-refractivity contribution in [3.05, 3.63) is 108 Å². The number of aromatic nitrogens is 4. The molecule has 4 heteroatoms. The summed E-state index contributed by atoms with van der Waals surface area (Å²) in [5.41, 5.74) is 16.3. The average Bonchev–Trinajstić information content (AvgIpc) is 3.56. The van der Waals surface area contributed by atoms with Crippen molar-refractivity contribution < 1.29 is 0 Å². The number of pyridine rings is 3. The van der Waals surface area contributed by atoms with Crippen LogP contribution >= 0.6 is 0 Å². The topological polar surface area (TPSA) is 43.1 Å². The van der Waals surface area contributed by atoms with Crippen molar-refractivity contribution in [3.8, 4) is 22.3 Å². The van der Waals surface area contributed by atoms with Gasteiger partial charge in [-0.2, -0.15) is 0 Å². The molecular weight excluding hydrogens is 428 g/mol. The van der Waals surface area contributed by atoms with Crippen molar-refractivity contribution in [2.24, 2.45) is 0 Å². The predicted octanol–water partition coefficient (Wildman–Crippen LogP) is 6.73. The number of nitrogens with zero attached hydrogens (tertiary/aromatic N) is 4. The van der Waals surface area contributed by atoms with Crippen LogP contribution in [-0.4, -0.2) is 19.4 Å². The first kappa shape index (κ1) is 17.8. The lowest BCUT2D eigenvalue weighted by atomic mass is 9.98. The van der Waals surface area contributed by atoms with E-state index in [-0.39, 0.29) is 0 Å². The van der Waals surface area contributed by atoms with Crippen molar-refractivity contribution in [1.82, 2.24) is 19.4 Å². The smallest absolute Gasteiger partial charge is 0.148 e. The van der Waals surface area contributed by atoms with Crippen molar-refractivity contribution >= 4 is 38.5 Å². The lowest BCUT2D eigenvalue weighted by molar-refractivity contribution is 1.21. The van der Waals surface area contributed by atoms with Gasteiger partial charge in [0.1, 0.15) is 5.65 Å². The van der Waals surface area contributed by atoms with Gasteiger partial charge in [-0.1, -0.05) is 30.3 Å². The molecule has 4 aromatic heterocycles. The molecule has 35 heavy (non-hydrogen) atoms. The summed E-state index contributed by atoms with van der Waals surface area (Å²) in [5, 5.41) is 2.12. The predicted molar refractivity (Wildman–Crippen MR) is 140 cm³/mol. The third-order valence-electron chi connectivity index (χ3n) is 7.91. The normalized spacial score (nSPS) is 13.5. The summed E-state index contributed by atoms with van der Waals surface area (Å²) in [6, 6.07) is 24.5. The van der Waals surface area contributed by atoms with Gasteiger partial charge in [0.2, 0.25) is 0 Å². The molecule has 4 heterocycles. The molecular formula is C31H18N4. The molecule has 9 rings (SSSR count). The summed E-state index contributed by atoms with van der Waals surface area (Å²) in [7, 11) is 0. The van der Waals surface area contributed by atoms with E-state index in [0.717, 1.165) is 51.3 Å². The Morgan fingerprint density at radius 3 is 2.43 bits per heavy atom. The highest BCUT2D eigenvalue weighted by molar-refractivity contribution is 6.12. The fourth-order valence-corrected chi connectivity index (χ4v) is 6.39. The SMILES string of the molecule is c1ccc2c(c1)Cc1cc3c(cc1-2)-c1cc2nc4c5cnccc5c5ncccc5n4c2cc1C3. The Hall–Kier alpha value is -4.57. The van der Waals surface area contributed by atoms with Crippen LogP contribution in [0.25, 0.3) is 60.7 Å². The van der Waals surface area contributed by atoms with E-state index in [1.807, 2.05) is 30.7 Å². The fourth-order valence-electron chi connectivity index (χ4n) is 6.39. The standard InChI is InChI=1S/C31H18N4/c1-2-5-21-17(4-1)10-18-11-19-12-20-13-29-27(15-25(20)24(19)14-23(18)21)34-31-26-16-32-9-7-22(26)30-28(35(29)31)6-3-8-33-30/h1-9,11,13-16H,10,12H2. The molecule has 0 N–H and O–H groups in total. The molecule has 0 spiro atoms. The molecule has 2 aliphatic carbocycles. The highest BCUT2D eigenvalue weighted by atomic mass is 15.0. The summed E-state index contributed by atoms with van der Waals surface area (Å²) in [4.78, 5) is 14.3. The molecule has 0 amide bonds. The third kappa shape index (κ3) is 2.20. The van der Waals surface area contributed by atoms with E-state index < -0.39 is 0 Å². The summed E-state index contributed by atoms with van der Waals surface area (Å²) in [6.07, 6.45) is 7.60. The first-order valence-corrected chi connectivity index (χ1v) is 12.0. The molecule has 0 fully saturated rings. The maximum absolute atomic E-state index is 5.15. The Morgan fingerprint density at radius 1 is 0.629 bits per heavy atom. The van der Waals surface area contributed by atoms with E-state index in [4.69, 9.17) is 9.97 Å². The summed E-state index contributed by atoms with van der Waals surface area (Å²) in [6.45, 7) is 0. The van der Waals surface area contributed by atoms with Crippen LogP contribution in [0.1, 0.15) is 22.3 Å². The molecule has 0 saturated heterocycles. The Labute approximate surface area is 200 Å². The van der Waals surface area contributed by atoms with Crippen LogP contribution in [0.4, 0.5) is 0 Å². The van der Waals surface area contributed by atoms with Crippen molar-refractivity contribution in [3.63, 3.8) is 0 Å². The highest BCUT2D eigenvalue weighted by Crippen LogP contribution is 2.46. The van der Waals surface area contributed by atoms with E-state index in [0.29, 0.717) is 0 Å². The van der Waals surface area contributed by atoms with Crippen LogP contribution in [0.15, 0.2) is 85.3 Å². The lowest BCUT2D eigenvalue weighted by Gasteiger charge is -2.08. The monoisotopic (exact) mass is 446 g/mol. The molecule has 2 aliphatic rings. The Balaban J connectivity index is 1.35. The minimum absolute atomic E-state index is 0.940. The zero-order chi connectivity index (χ0) is 22.7. The first-order valence-electron chi connectivity index (χ1n) is 12.0. The number of fused-ring (bicyclic) bond motifs is 14. The molecule has 0 aliphatic heterocycles. The van der Waals surface area contributed by atoms with Crippen molar-refractivity contribution in [1.29, 1.82) is 0 Å². The Morgan fingerprint density at radius 2 is 1.46 bits per heavy atom. The second-order valence-electron chi connectivity index (χ2n) is 9.74. The first-order chi connectivity index (χ1) is 17.3. The van der Waals surface area contributed by atoms with Gasteiger partial charge in [0, 0.05) is 29.4 Å². The van der Waals surface area contributed by atoms with Crippen molar-refractivity contribution in [2.45, 2.75) is 12.8 Å². The van der Waals surface area contributed by atoms with Crippen LogP contribution in [0.3, 0.4) is 0 Å². The van der Waals surface area contributed by atoms with Crippen LogP contribution in [0, 0.1) is 0 Å². The molecule has 0 saturated carbocycles. The quantitative estimate of drug-likeness (QED) is 0.243. The van der Waals surface area contributed by atoms with E-state index in [1.165, 1.54) is 44.5 Å². The van der Waals surface area contributed by atoms with Gasteiger partial charge >= 0.3 is 0 Å². The lowest BCUT2D eigenvalue weighted by Crippen LogP contribution is -1.93. The number of rotatable bonds is 0. The molecule has 7 aromatic rings. The zero-order valence-corrected chi connectivity index (χ0v) is 18.8. The number of hydrogen-bond donors (Lipinski definition) is 0. The summed E-state index contributed by atoms with van der Waals surface area (Å²) >= 11 is 0. The number of benzene rings is 3. The molecule has 4 nitrogen and oxygen atoms in total. The van der Waals surface area contributed by atoms with E-state index in [1.54, 1.807) is 0 Å². The van der Waals surface area contributed by atoms with Crippen LogP contribution in [0.2, 0.25) is 0 Å². The van der Waals surface area contributed by atoms with Crippen molar-refractivity contribution in [2.75, 3.05) is 0 Å². The van der Waals surface area contributed by atoms with Gasteiger partial charge in [0.25, 0.3) is 0 Å². The Kier molecular flexibility index (Phi) is 3.11. The van der Waals surface area contributed by atoms with Gasteiger partial charge in [-0.15, -0.1) is 0 Å². The van der Waals surface area contributed by atoms with E-state index in [2.05, 4.69) is 64.0 Å². The third-order valence-corrected chi connectivity index (χ3v) is 7.91. The number of hydrogen-bond acceptors (Lipinski definition) is 3. The molecule has 0 atom stereocenters. The summed E-state index contributed by atoms with van der Waals surface area (Å²) < 4.78 is 2.27. The number of imidazole rings is 1. The highest BCUT2D eigenvalue weighted by Gasteiger charge is 2.26. The zero-order valence-electron chi connectivity index (χ0n) is 18.8. The van der Waals surface area contributed by atoms with Gasteiger partial charge < -0.3 is 0 Å². The molecule has 0 radical (unpaired) electrons. The van der Waals surface area contributed by atoms with E-state index in [9.17, 15) is 0 Å². The van der Waals surface area contributed by atoms with Crippen LogP contribution < -0.4 is 0 Å². The average molecular weight is 447 g/mol. The van der Waals surface area contributed by atoms with Gasteiger partial charge in [-0.05, 0) is 93.7 Å². The minimum atomic E-state index is 0.940. The van der Waals surface area contributed by atoms with Gasteiger partial charge in [-0.3, -0.25) is 14.4 Å². The summed E-state index contributed by atoms with van der Waals surface area (Å²) in [5.74, 6) is 0. The molecule has 3 aromatic carbocycles. The second kappa shape index (κ2) is 6.10.